The molecule has 1 heterocycles. The van der Waals surface area contributed by atoms with Crippen LogP contribution in [0.3, 0.4) is 0 Å². The van der Waals surface area contributed by atoms with Crippen LogP contribution in [0.1, 0.15) is 44.7 Å². The molecular formula is C17H28N2. The van der Waals surface area contributed by atoms with E-state index in [0.717, 1.165) is 5.92 Å². The highest BCUT2D eigenvalue weighted by Crippen LogP contribution is 2.23. The Bertz CT molecular complexity index is 344. The molecule has 0 aliphatic carbocycles. The van der Waals surface area contributed by atoms with E-state index >= 15 is 0 Å². The van der Waals surface area contributed by atoms with Crippen LogP contribution >= 0.6 is 0 Å². The summed E-state index contributed by atoms with van der Waals surface area (Å²) in [5.41, 5.74) is 1.45. The van der Waals surface area contributed by atoms with Crippen LogP contribution in [0, 0.1) is 5.92 Å². The molecule has 0 bridgehead atoms. The van der Waals surface area contributed by atoms with E-state index in [1.165, 1.54) is 51.0 Å². The van der Waals surface area contributed by atoms with Gasteiger partial charge in [0.2, 0.25) is 0 Å². The lowest BCUT2D eigenvalue weighted by Crippen LogP contribution is -2.37. The summed E-state index contributed by atoms with van der Waals surface area (Å²) in [6.07, 6.45) is 3.91. The fourth-order valence-corrected chi connectivity index (χ4v) is 3.07. The van der Waals surface area contributed by atoms with E-state index in [0.29, 0.717) is 6.04 Å². The molecule has 0 aromatic heterocycles. The van der Waals surface area contributed by atoms with Crippen molar-refractivity contribution >= 4 is 0 Å². The van der Waals surface area contributed by atoms with Gasteiger partial charge in [0, 0.05) is 12.6 Å². The number of hydrogen-bond acceptors (Lipinski definition) is 2. The van der Waals surface area contributed by atoms with Gasteiger partial charge >= 0.3 is 0 Å². The molecular weight excluding hydrogens is 232 g/mol. The quantitative estimate of drug-likeness (QED) is 0.842. The monoisotopic (exact) mass is 260 g/mol. The number of benzene rings is 1. The number of nitrogens with one attached hydrogen (secondary N) is 1. The normalized spacial score (nSPS) is 18.7. The maximum absolute atomic E-state index is 3.46. The Morgan fingerprint density at radius 3 is 2.53 bits per heavy atom. The third-order valence-electron chi connectivity index (χ3n) is 4.29. The van der Waals surface area contributed by atoms with Crippen molar-refractivity contribution in [2.45, 2.75) is 39.2 Å². The summed E-state index contributed by atoms with van der Waals surface area (Å²) >= 11 is 0. The molecule has 1 aromatic carbocycles. The molecule has 1 atom stereocenters. The van der Waals surface area contributed by atoms with Gasteiger partial charge in [0.25, 0.3) is 0 Å². The lowest BCUT2D eigenvalue weighted by Gasteiger charge is -2.34. The van der Waals surface area contributed by atoms with Crippen LogP contribution in [-0.2, 0) is 0 Å². The Balaban J connectivity index is 1.97. The second-order valence-corrected chi connectivity index (χ2v) is 5.77. The Morgan fingerprint density at radius 2 is 1.89 bits per heavy atom. The average Bonchev–Trinajstić information content (AvgIpc) is 2.48. The summed E-state index contributed by atoms with van der Waals surface area (Å²) in [6.45, 7) is 9.50. The predicted octanol–water partition coefficient (Wildman–Crippen LogP) is 3.46. The maximum atomic E-state index is 3.46. The Morgan fingerprint density at radius 1 is 1.21 bits per heavy atom. The highest BCUT2D eigenvalue weighted by molar-refractivity contribution is 5.18. The molecule has 2 nitrogen and oxygen atoms in total. The van der Waals surface area contributed by atoms with Crippen molar-refractivity contribution in [1.82, 2.24) is 10.2 Å². The van der Waals surface area contributed by atoms with E-state index in [9.17, 15) is 0 Å². The first-order chi connectivity index (χ1) is 9.31. The summed E-state index contributed by atoms with van der Waals surface area (Å²) in [5.74, 6) is 0.874. The zero-order valence-corrected chi connectivity index (χ0v) is 12.4. The van der Waals surface area contributed by atoms with Crippen molar-refractivity contribution in [3.63, 3.8) is 0 Å². The minimum absolute atomic E-state index is 0.538. The third-order valence-corrected chi connectivity index (χ3v) is 4.29. The van der Waals surface area contributed by atoms with E-state index in [1.807, 2.05) is 0 Å². The van der Waals surface area contributed by atoms with Gasteiger partial charge in [0.1, 0.15) is 0 Å². The molecule has 1 unspecified atom stereocenters. The summed E-state index contributed by atoms with van der Waals surface area (Å²) in [6, 6.07) is 11.5. The highest BCUT2D eigenvalue weighted by Gasteiger charge is 2.20. The first-order valence-corrected chi connectivity index (χ1v) is 7.81. The molecule has 106 valence electrons. The molecule has 1 fully saturated rings. The van der Waals surface area contributed by atoms with Gasteiger partial charge in [-0.25, -0.2) is 0 Å². The van der Waals surface area contributed by atoms with Crippen molar-refractivity contribution in [1.29, 1.82) is 0 Å². The molecule has 2 heteroatoms. The summed E-state index contributed by atoms with van der Waals surface area (Å²) < 4.78 is 0. The second kappa shape index (κ2) is 7.66. The molecule has 0 saturated carbocycles. The van der Waals surface area contributed by atoms with Gasteiger partial charge in [-0.15, -0.1) is 0 Å². The molecule has 1 saturated heterocycles. The van der Waals surface area contributed by atoms with E-state index in [-0.39, 0.29) is 0 Å². The topological polar surface area (TPSA) is 15.3 Å². The highest BCUT2D eigenvalue weighted by atomic mass is 15.2. The number of rotatable bonds is 6. The predicted molar refractivity (Wildman–Crippen MR) is 82.3 cm³/mol. The summed E-state index contributed by atoms with van der Waals surface area (Å²) in [5, 5.41) is 3.46. The fraction of sp³-hybridized carbons (Fsp3) is 0.647. The minimum atomic E-state index is 0.538. The van der Waals surface area contributed by atoms with Crippen LogP contribution in [0.5, 0.6) is 0 Å². The Hall–Kier alpha value is -0.860. The van der Waals surface area contributed by atoms with Crippen molar-refractivity contribution in [2.24, 2.45) is 5.92 Å². The molecule has 0 spiro atoms. The van der Waals surface area contributed by atoms with Crippen molar-refractivity contribution < 1.29 is 0 Å². The molecule has 1 aromatic rings. The number of piperidine rings is 1. The van der Waals surface area contributed by atoms with Crippen LogP contribution < -0.4 is 5.32 Å². The first-order valence-electron chi connectivity index (χ1n) is 7.81. The van der Waals surface area contributed by atoms with Gasteiger partial charge in [0.05, 0.1) is 0 Å². The maximum Gasteiger partial charge on any atom is 0.0319 e. The first kappa shape index (κ1) is 14.5. The summed E-state index contributed by atoms with van der Waals surface area (Å²) in [7, 11) is 0. The van der Waals surface area contributed by atoms with Gasteiger partial charge in [0.15, 0.2) is 0 Å². The molecule has 19 heavy (non-hydrogen) atoms. The lowest BCUT2D eigenvalue weighted by molar-refractivity contribution is 0.161. The van der Waals surface area contributed by atoms with Crippen LogP contribution in [0.2, 0.25) is 0 Å². The van der Waals surface area contributed by atoms with Crippen molar-refractivity contribution in [3.8, 4) is 0 Å². The van der Waals surface area contributed by atoms with Crippen LogP contribution in [-0.4, -0.2) is 31.1 Å². The molecule has 2 rings (SSSR count). The number of hydrogen-bond donors (Lipinski definition) is 1. The Labute approximate surface area is 118 Å². The van der Waals surface area contributed by atoms with E-state index in [2.05, 4.69) is 54.4 Å². The van der Waals surface area contributed by atoms with Crippen molar-refractivity contribution in [3.05, 3.63) is 35.9 Å². The zero-order chi connectivity index (χ0) is 13.5. The zero-order valence-electron chi connectivity index (χ0n) is 12.4. The second-order valence-electron chi connectivity index (χ2n) is 5.77. The third kappa shape index (κ3) is 4.32. The summed E-state index contributed by atoms with van der Waals surface area (Å²) in [4.78, 5) is 2.67. The van der Waals surface area contributed by atoms with Gasteiger partial charge in [-0.2, -0.15) is 0 Å². The molecule has 0 amide bonds. The molecule has 1 aliphatic rings. The van der Waals surface area contributed by atoms with Gasteiger partial charge in [-0.3, -0.25) is 4.90 Å². The largest absolute Gasteiger partial charge is 0.317 e. The van der Waals surface area contributed by atoms with Crippen molar-refractivity contribution in [2.75, 3.05) is 26.2 Å². The van der Waals surface area contributed by atoms with E-state index in [1.54, 1.807) is 0 Å². The van der Waals surface area contributed by atoms with Crippen LogP contribution in [0.15, 0.2) is 30.3 Å². The molecule has 0 radical (unpaired) electrons. The molecule has 1 N–H and O–H groups in total. The van der Waals surface area contributed by atoms with Gasteiger partial charge in [-0.1, -0.05) is 37.3 Å². The fourth-order valence-electron chi connectivity index (χ4n) is 3.07. The van der Waals surface area contributed by atoms with E-state index in [4.69, 9.17) is 0 Å². The van der Waals surface area contributed by atoms with Crippen LogP contribution in [0.4, 0.5) is 0 Å². The van der Waals surface area contributed by atoms with Gasteiger partial charge in [-0.05, 0) is 57.3 Å². The number of nitrogens with zero attached hydrogens (tertiary/aromatic N) is 1. The van der Waals surface area contributed by atoms with Crippen LogP contribution in [0.25, 0.3) is 0 Å². The average molecular weight is 260 g/mol. The lowest BCUT2D eigenvalue weighted by atomic mass is 9.96. The standard InChI is InChI=1S/C17H28N2/c1-3-13-19(14-16-9-11-18-12-10-16)15(2)17-7-5-4-6-8-17/h4-8,15-16,18H,3,9-14H2,1-2H3. The SMILES string of the molecule is CCCN(CC1CCNCC1)C(C)c1ccccc1. The minimum Gasteiger partial charge on any atom is -0.317 e. The van der Waals surface area contributed by atoms with Gasteiger partial charge < -0.3 is 5.32 Å². The molecule has 1 aliphatic heterocycles. The van der Waals surface area contributed by atoms with E-state index < -0.39 is 0 Å². The Kier molecular flexibility index (Phi) is 5.87. The smallest absolute Gasteiger partial charge is 0.0319 e.